The third kappa shape index (κ3) is 3.46. The summed E-state index contributed by atoms with van der Waals surface area (Å²) in [5.74, 6) is -0.126. The summed E-state index contributed by atoms with van der Waals surface area (Å²) >= 11 is 0. The van der Waals surface area contributed by atoms with E-state index in [1.165, 1.54) is 0 Å². The average Bonchev–Trinajstić information content (AvgIpc) is 2.90. The van der Waals surface area contributed by atoms with Gasteiger partial charge in [0, 0.05) is 35.9 Å². The van der Waals surface area contributed by atoms with Crippen molar-refractivity contribution in [2.75, 3.05) is 25.0 Å². The number of nitrogens with two attached hydrogens (primary N) is 1. The molecule has 0 unspecified atom stereocenters. The minimum atomic E-state index is -0.226. The van der Waals surface area contributed by atoms with Crippen LogP contribution in [0, 0.1) is 0 Å². The molecule has 0 aliphatic rings. The first-order valence-electron chi connectivity index (χ1n) is 7.45. The van der Waals surface area contributed by atoms with Gasteiger partial charge in [-0.15, -0.1) is 0 Å². The van der Waals surface area contributed by atoms with Gasteiger partial charge in [-0.1, -0.05) is 0 Å². The summed E-state index contributed by atoms with van der Waals surface area (Å²) < 4.78 is 1.92. The lowest BCUT2D eigenvalue weighted by Gasteiger charge is -2.19. The van der Waals surface area contributed by atoms with Crippen molar-refractivity contribution in [3.05, 3.63) is 30.5 Å². The summed E-state index contributed by atoms with van der Waals surface area (Å²) in [5.41, 5.74) is 6.96. The molecule has 22 heavy (non-hydrogen) atoms. The van der Waals surface area contributed by atoms with E-state index in [-0.39, 0.29) is 18.4 Å². The van der Waals surface area contributed by atoms with Gasteiger partial charge in [0.2, 0.25) is 11.8 Å². The largest absolute Gasteiger partial charge is 0.342 e. The second kappa shape index (κ2) is 7.09. The maximum Gasteiger partial charge on any atom is 0.242 e. The Hall–Kier alpha value is -2.34. The van der Waals surface area contributed by atoms with Gasteiger partial charge in [-0.05, 0) is 38.1 Å². The molecule has 1 heterocycles. The van der Waals surface area contributed by atoms with Gasteiger partial charge in [-0.3, -0.25) is 9.59 Å². The highest BCUT2D eigenvalue weighted by Gasteiger charge is 2.12. The predicted octanol–water partition coefficient (Wildman–Crippen LogP) is 1.41. The van der Waals surface area contributed by atoms with Crippen LogP contribution in [0.25, 0.3) is 10.9 Å². The highest BCUT2D eigenvalue weighted by molar-refractivity contribution is 5.95. The van der Waals surface area contributed by atoms with Gasteiger partial charge < -0.3 is 20.5 Å². The van der Waals surface area contributed by atoms with Gasteiger partial charge in [-0.25, -0.2) is 0 Å². The molecule has 3 N–H and O–H groups in total. The SMILES string of the molecule is CCN(CC)C(=O)Cn1ccc2cc(NC(=O)CN)ccc21. The number of hydrogen-bond acceptors (Lipinski definition) is 3. The molecule has 6 heteroatoms. The molecule has 0 spiro atoms. The van der Waals surface area contributed by atoms with E-state index in [1.54, 1.807) is 0 Å². The second-order valence-corrected chi connectivity index (χ2v) is 5.04. The van der Waals surface area contributed by atoms with Gasteiger partial charge in [0.25, 0.3) is 0 Å². The predicted molar refractivity (Wildman–Crippen MR) is 87.6 cm³/mol. The van der Waals surface area contributed by atoms with Gasteiger partial charge in [0.05, 0.1) is 6.54 Å². The lowest BCUT2D eigenvalue weighted by Crippen LogP contribution is -2.33. The number of benzene rings is 1. The van der Waals surface area contributed by atoms with Crippen molar-refractivity contribution in [2.24, 2.45) is 5.73 Å². The van der Waals surface area contributed by atoms with Gasteiger partial charge in [-0.2, -0.15) is 0 Å². The summed E-state index contributed by atoms with van der Waals surface area (Å²) in [6, 6.07) is 7.52. The molecule has 0 aliphatic carbocycles. The van der Waals surface area contributed by atoms with E-state index in [9.17, 15) is 9.59 Å². The smallest absolute Gasteiger partial charge is 0.242 e. The standard InChI is InChI=1S/C16H22N4O2/c1-3-19(4-2)16(22)11-20-8-7-12-9-13(5-6-14(12)20)18-15(21)10-17/h5-9H,3-4,10-11,17H2,1-2H3,(H,18,21). The molecular formula is C16H22N4O2. The van der Waals surface area contributed by atoms with E-state index >= 15 is 0 Å². The number of carbonyl (C=O) groups excluding carboxylic acids is 2. The topological polar surface area (TPSA) is 80.4 Å². The molecule has 6 nitrogen and oxygen atoms in total. The molecule has 0 radical (unpaired) electrons. The van der Waals surface area contributed by atoms with E-state index in [4.69, 9.17) is 5.73 Å². The Balaban J connectivity index is 2.19. The number of hydrogen-bond donors (Lipinski definition) is 2. The number of amides is 2. The van der Waals surface area contributed by atoms with Crippen LogP contribution < -0.4 is 11.1 Å². The van der Waals surface area contributed by atoms with Crippen molar-refractivity contribution in [1.29, 1.82) is 0 Å². The lowest BCUT2D eigenvalue weighted by atomic mass is 10.2. The number of nitrogens with zero attached hydrogens (tertiary/aromatic N) is 2. The molecule has 2 rings (SSSR count). The third-order valence-electron chi connectivity index (χ3n) is 3.66. The van der Waals surface area contributed by atoms with Crippen molar-refractivity contribution in [1.82, 2.24) is 9.47 Å². The number of aromatic nitrogens is 1. The van der Waals surface area contributed by atoms with Crippen molar-refractivity contribution < 1.29 is 9.59 Å². The van der Waals surface area contributed by atoms with Crippen LogP contribution in [0.15, 0.2) is 30.5 Å². The van der Waals surface area contributed by atoms with Crippen LogP contribution in [0.2, 0.25) is 0 Å². The molecule has 0 atom stereocenters. The second-order valence-electron chi connectivity index (χ2n) is 5.04. The van der Waals surface area contributed by atoms with Gasteiger partial charge in [0.15, 0.2) is 0 Å². The summed E-state index contributed by atoms with van der Waals surface area (Å²) in [6.07, 6.45) is 1.89. The molecule has 0 bridgehead atoms. The van der Waals surface area contributed by atoms with Crippen LogP contribution in [-0.2, 0) is 16.1 Å². The van der Waals surface area contributed by atoms with Crippen LogP contribution in [0.3, 0.4) is 0 Å². The molecular weight excluding hydrogens is 280 g/mol. The van der Waals surface area contributed by atoms with E-state index in [1.807, 2.05) is 53.8 Å². The lowest BCUT2D eigenvalue weighted by molar-refractivity contribution is -0.131. The van der Waals surface area contributed by atoms with Crippen LogP contribution in [0.5, 0.6) is 0 Å². The van der Waals surface area contributed by atoms with E-state index < -0.39 is 0 Å². The first-order valence-corrected chi connectivity index (χ1v) is 7.45. The number of likely N-dealkylation sites (N-methyl/N-ethyl adjacent to an activating group) is 1. The fourth-order valence-electron chi connectivity index (χ4n) is 2.45. The zero-order valence-electron chi connectivity index (χ0n) is 13.0. The van der Waals surface area contributed by atoms with Crippen LogP contribution in [-0.4, -0.2) is 40.9 Å². The zero-order valence-corrected chi connectivity index (χ0v) is 13.0. The summed E-state index contributed by atoms with van der Waals surface area (Å²) in [4.78, 5) is 25.3. The molecule has 0 saturated heterocycles. The van der Waals surface area contributed by atoms with Crippen LogP contribution in [0.1, 0.15) is 13.8 Å². The molecule has 1 aromatic heterocycles. The van der Waals surface area contributed by atoms with Gasteiger partial charge >= 0.3 is 0 Å². The van der Waals surface area contributed by atoms with Crippen LogP contribution >= 0.6 is 0 Å². The maximum absolute atomic E-state index is 12.2. The Morgan fingerprint density at radius 1 is 1.23 bits per heavy atom. The number of nitrogens with one attached hydrogen (secondary N) is 1. The number of carbonyl (C=O) groups is 2. The van der Waals surface area contributed by atoms with Crippen molar-refractivity contribution in [2.45, 2.75) is 20.4 Å². The number of anilines is 1. The quantitative estimate of drug-likeness (QED) is 0.846. The Labute approximate surface area is 129 Å². The Morgan fingerprint density at radius 2 is 1.95 bits per heavy atom. The Bertz CT molecular complexity index is 674. The van der Waals surface area contributed by atoms with E-state index in [0.717, 1.165) is 10.9 Å². The first kappa shape index (κ1) is 16.0. The summed E-state index contributed by atoms with van der Waals surface area (Å²) in [5, 5.41) is 3.70. The highest BCUT2D eigenvalue weighted by atomic mass is 16.2. The minimum Gasteiger partial charge on any atom is -0.342 e. The average molecular weight is 302 g/mol. The van der Waals surface area contributed by atoms with E-state index in [0.29, 0.717) is 25.3 Å². The molecule has 0 aliphatic heterocycles. The molecule has 118 valence electrons. The Kier molecular flexibility index (Phi) is 5.16. The molecule has 1 aromatic carbocycles. The molecule has 2 aromatic rings. The van der Waals surface area contributed by atoms with Crippen molar-refractivity contribution >= 4 is 28.4 Å². The molecule has 0 saturated carbocycles. The maximum atomic E-state index is 12.2. The molecule has 0 fully saturated rings. The fraction of sp³-hybridized carbons (Fsp3) is 0.375. The van der Waals surface area contributed by atoms with Crippen LogP contribution in [0.4, 0.5) is 5.69 Å². The Morgan fingerprint density at radius 3 is 2.59 bits per heavy atom. The minimum absolute atomic E-state index is 0.0442. The number of rotatable bonds is 6. The molecule has 2 amide bonds. The first-order chi connectivity index (χ1) is 10.6. The monoisotopic (exact) mass is 302 g/mol. The highest BCUT2D eigenvalue weighted by Crippen LogP contribution is 2.20. The van der Waals surface area contributed by atoms with Gasteiger partial charge in [0.1, 0.15) is 6.54 Å². The normalized spacial score (nSPS) is 10.7. The fourth-order valence-corrected chi connectivity index (χ4v) is 2.45. The van der Waals surface area contributed by atoms with Crippen molar-refractivity contribution in [3.63, 3.8) is 0 Å². The third-order valence-corrected chi connectivity index (χ3v) is 3.66. The number of fused-ring (bicyclic) bond motifs is 1. The summed E-state index contributed by atoms with van der Waals surface area (Å²) in [7, 11) is 0. The van der Waals surface area contributed by atoms with E-state index in [2.05, 4.69) is 5.32 Å². The summed E-state index contributed by atoms with van der Waals surface area (Å²) in [6.45, 7) is 5.65. The van der Waals surface area contributed by atoms with Crippen molar-refractivity contribution in [3.8, 4) is 0 Å². The zero-order chi connectivity index (χ0) is 16.1.